The molecule has 1 saturated heterocycles. The Balaban J connectivity index is 1.79. The van der Waals surface area contributed by atoms with Gasteiger partial charge in [0, 0.05) is 36.8 Å². The van der Waals surface area contributed by atoms with Crippen LogP contribution in [0.4, 0.5) is 5.82 Å². The van der Waals surface area contributed by atoms with E-state index in [0.717, 1.165) is 5.82 Å². The fourth-order valence-corrected chi connectivity index (χ4v) is 4.73. The summed E-state index contributed by atoms with van der Waals surface area (Å²) in [7, 11) is -2.15. The molecular weight excluding hydrogens is 396 g/mol. The highest BCUT2D eigenvalue weighted by molar-refractivity contribution is 9.10. The van der Waals surface area contributed by atoms with Crippen LogP contribution in [0.25, 0.3) is 0 Å². The summed E-state index contributed by atoms with van der Waals surface area (Å²) >= 11 is 3.32. The Kier molecular flexibility index (Phi) is 5.02. The van der Waals surface area contributed by atoms with Crippen molar-refractivity contribution in [1.29, 1.82) is 0 Å². The monoisotopic (exact) mass is 412 g/mol. The summed E-state index contributed by atoms with van der Waals surface area (Å²) in [5.74, 6) is 1.10. The number of sulfonamides is 1. The van der Waals surface area contributed by atoms with Crippen molar-refractivity contribution in [2.75, 3.05) is 38.2 Å². The van der Waals surface area contributed by atoms with Crippen molar-refractivity contribution in [2.24, 2.45) is 0 Å². The van der Waals surface area contributed by atoms with Gasteiger partial charge in [-0.1, -0.05) is 15.9 Å². The van der Waals surface area contributed by atoms with Gasteiger partial charge < -0.3 is 9.64 Å². The maximum Gasteiger partial charge on any atom is 0.246 e. The van der Waals surface area contributed by atoms with E-state index in [-0.39, 0.29) is 4.90 Å². The number of aromatic nitrogens is 2. The van der Waals surface area contributed by atoms with E-state index in [9.17, 15) is 8.42 Å². The summed E-state index contributed by atoms with van der Waals surface area (Å²) < 4.78 is 33.3. The van der Waals surface area contributed by atoms with E-state index in [4.69, 9.17) is 4.74 Å². The molecule has 7 nitrogen and oxygen atoms in total. The molecule has 24 heavy (non-hydrogen) atoms. The van der Waals surface area contributed by atoms with Gasteiger partial charge in [-0.25, -0.2) is 8.42 Å². The first-order valence-electron chi connectivity index (χ1n) is 7.39. The molecule has 1 aliphatic heterocycles. The first-order chi connectivity index (χ1) is 11.5. The van der Waals surface area contributed by atoms with E-state index in [1.165, 1.54) is 11.4 Å². The van der Waals surface area contributed by atoms with Gasteiger partial charge in [-0.15, -0.1) is 5.10 Å². The normalized spacial score (nSPS) is 16.2. The van der Waals surface area contributed by atoms with Crippen LogP contribution in [0.2, 0.25) is 0 Å². The molecule has 9 heteroatoms. The third kappa shape index (κ3) is 3.38. The molecule has 0 radical (unpaired) electrons. The van der Waals surface area contributed by atoms with Gasteiger partial charge >= 0.3 is 0 Å². The molecule has 2 heterocycles. The minimum atomic E-state index is -3.62. The largest absolute Gasteiger partial charge is 0.495 e. The number of anilines is 1. The summed E-state index contributed by atoms with van der Waals surface area (Å²) in [5.41, 5.74) is 0. The van der Waals surface area contributed by atoms with Gasteiger partial charge in [0.1, 0.15) is 10.6 Å². The lowest BCUT2D eigenvalue weighted by Gasteiger charge is -2.34. The highest BCUT2D eigenvalue weighted by Gasteiger charge is 2.31. The third-order valence-corrected chi connectivity index (χ3v) is 6.28. The fourth-order valence-electron chi connectivity index (χ4n) is 2.61. The summed E-state index contributed by atoms with van der Waals surface area (Å²) in [6.07, 6.45) is 1.61. The predicted octanol–water partition coefficient (Wildman–Crippen LogP) is 1.76. The summed E-state index contributed by atoms with van der Waals surface area (Å²) in [6, 6.07) is 8.66. The van der Waals surface area contributed by atoms with Crippen molar-refractivity contribution in [3.63, 3.8) is 0 Å². The average Bonchev–Trinajstić information content (AvgIpc) is 2.62. The molecule has 2 aromatic rings. The first-order valence-corrected chi connectivity index (χ1v) is 9.62. The van der Waals surface area contributed by atoms with Crippen LogP contribution in [0.5, 0.6) is 5.75 Å². The number of rotatable bonds is 4. The van der Waals surface area contributed by atoms with Crippen LogP contribution in [0.1, 0.15) is 0 Å². The van der Waals surface area contributed by atoms with E-state index >= 15 is 0 Å². The molecule has 0 amide bonds. The zero-order valence-corrected chi connectivity index (χ0v) is 15.5. The highest BCUT2D eigenvalue weighted by Crippen LogP contribution is 2.30. The van der Waals surface area contributed by atoms with E-state index < -0.39 is 10.0 Å². The Hall–Kier alpha value is -1.71. The van der Waals surface area contributed by atoms with Crippen LogP contribution in [0.3, 0.4) is 0 Å². The summed E-state index contributed by atoms with van der Waals surface area (Å²) in [6.45, 7) is 1.89. The van der Waals surface area contributed by atoms with Crippen LogP contribution in [-0.4, -0.2) is 56.2 Å². The van der Waals surface area contributed by atoms with E-state index in [1.807, 2.05) is 17.0 Å². The lowest BCUT2D eigenvalue weighted by molar-refractivity contribution is 0.373. The molecule has 0 spiro atoms. The summed E-state index contributed by atoms with van der Waals surface area (Å²) in [4.78, 5) is 2.20. The van der Waals surface area contributed by atoms with Gasteiger partial charge in [0.2, 0.25) is 10.0 Å². The predicted molar refractivity (Wildman–Crippen MR) is 93.7 cm³/mol. The molecule has 1 fully saturated rings. The molecule has 1 aliphatic rings. The molecule has 0 bridgehead atoms. The SMILES string of the molecule is COc1ccc(Br)cc1S(=O)(=O)N1CCN(c2cccnn2)CC1. The van der Waals surface area contributed by atoms with Gasteiger partial charge in [0.25, 0.3) is 0 Å². The zero-order valence-electron chi connectivity index (χ0n) is 13.1. The molecule has 0 unspecified atom stereocenters. The zero-order chi connectivity index (χ0) is 17.2. The fraction of sp³-hybridized carbons (Fsp3) is 0.333. The molecule has 128 valence electrons. The van der Waals surface area contributed by atoms with Crippen LogP contribution < -0.4 is 9.64 Å². The van der Waals surface area contributed by atoms with Gasteiger partial charge in [-0.05, 0) is 30.3 Å². The standard InChI is InChI=1S/C15H17BrN4O3S/c1-23-13-5-4-12(16)11-14(13)24(21,22)20-9-7-19(8-10-20)15-3-2-6-17-18-15/h2-6,11H,7-10H2,1H3. The highest BCUT2D eigenvalue weighted by atomic mass is 79.9. The van der Waals surface area contributed by atoms with Crippen LogP contribution >= 0.6 is 15.9 Å². The van der Waals surface area contributed by atoms with Crippen molar-refractivity contribution in [1.82, 2.24) is 14.5 Å². The minimum absolute atomic E-state index is 0.173. The molecule has 1 aromatic heterocycles. The molecular formula is C15H17BrN4O3S. The smallest absolute Gasteiger partial charge is 0.246 e. The molecule has 3 rings (SSSR count). The second-order valence-corrected chi connectivity index (χ2v) is 8.09. The number of hydrogen-bond acceptors (Lipinski definition) is 6. The Morgan fingerprint density at radius 3 is 2.54 bits per heavy atom. The van der Waals surface area contributed by atoms with Crippen molar-refractivity contribution < 1.29 is 13.2 Å². The molecule has 1 aromatic carbocycles. The number of nitrogens with zero attached hydrogens (tertiary/aromatic N) is 4. The maximum absolute atomic E-state index is 12.9. The lowest BCUT2D eigenvalue weighted by atomic mass is 10.3. The minimum Gasteiger partial charge on any atom is -0.495 e. The third-order valence-electron chi connectivity index (χ3n) is 3.86. The van der Waals surface area contributed by atoms with Crippen molar-refractivity contribution >= 4 is 31.8 Å². The number of benzene rings is 1. The molecule has 0 aliphatic carbocycles. The van der Waals surface area contributed by atoms with Crippen LogP contribution in [0.15, 0.2) is 45.9 Å². The van der Waals surface area contributed by atoms with Gasteiger partial charge in [0.15, 0.2) is 5.82 Å². The number of halogens is 1. The average molecular weight is 413 g/mol. The van der Waals surface area contributed by atoms with E-state index in [1.54, 1.807) is 24.4 Å². The van der Waals surface area contributed by atoms with Gasteiger partial charge in [-0.3, -0.25) is 0 Å². The topological polar surface area (TPSA) is 75.6 Å². The van der Waals surface area contributed by atoms with Crippen LogP contribution in [0, 0.1) is 0 Å². The Morgan fingerprint density at radius 2 is 1.92 bits per heavy atom. The van der Waals surface area contributed by atoms with Crippen molar-refractivity contribution in [3.05, 3.63) is 41.0 Å². The second kappa shape index (κ2) is 7.04. The summed E-state index contributed by atoms with van der Waals surface area (Å²) in [5, 5.41) is 7.93. The number of piperazine rings is 1. The molecule has 0 saturated carbocycles. The Labute approximate surface area is 149 Å². The van der Waals surface area contributed by atoms with Gasteiger partial charge in [-0.2, -0.15) is 9.40 Å². The van der Waals surface area contributed by atoms with E-state index in [0.29, 0.717) is 36.4 Å². The lowest BCUT2D eigenvalue weighted by Crippen LogP contribution is -2.49. The van der Waals surface area contributed by atoms with Gasteiger partial charge in [0.05, 0.1) is 7.11 Å². The first kappa shape index (κ1) is 17.1. The maximum atomic E-state index is 12.9. The van der Waals surface area contributed by atoms with Crippen molar-refractivity contribution in [3.8, 4) is 5.75 Å². The van der Waals surface area contributed by atoms with Crippen LogP contribution in [-0.2, 0) is 10.0 Å². The molecule has 0 N–H and O–H groups in total. The van der Waals surface area contributed by atoms with Crippen molar-refractivity contribution in [2.45, 2.75) is 4.90 Å². The number of hydrogen-bond donors (Lipinski definition) is 0. The second-order valence-electron chi connectivity index (χ2n) is 5.27. The quantitative estimate of drug-likeness (QED) is 0.761. The number of methoxy groups -OCH3 is 1. The number of ether oxygens (including phenoxy) is 1. The Bertz CT molecular complexity index is 809. The van der Waals surface area contributed by atoms with E-state index in [2.05, 4.69) is 26.1 Å². The molecule has 0 atom stereocenters. The Morgan fingerprint density at radius 1 is 1.17 bits per heavy atom.